The Morgan fingerprint density at radius 2 is 2.14 bits per heavy atom. The Kier molecular flexibility index (Phi) is 4.85. The van der Waals surface area contributed by atoms with Crippen molar-refractivity contribution in [2.45, 2.75) is 38.5 Å². The maximum Gasteiger partial charge on any atom is 0.416 e. The van der Waals surface area contributed by atoms with Crippen molar-refractivity contribution in [2.75, 3.05) is 6.54 Å². The molecule has 1 fully saturated rings. The number of rotatable bonds is 4. The van der Waals surface area contributed by atoms with Crippen molar-refractivity contribution in [3.63, 3.8) is 0 Å². The number of aryl methyl sites for hydroxylation is 1. The average Bonchev–Trinajstić information content (AvgIpc) is 3.46. The molecule has 29 heavy (non-hydrogen) atoms. The first-order chi connectivity index (χ1) is 13.9. The lowest BCUT2D eigenvalue weighted by Crippen LogP contribution is -2.31. The molecule has 0 aliphatic carbocycles. The molecule has 0 bridgehead atoms. The van der Waals surface area contributed by atoms with Crippen LogP contribution in [0.4, 0.5) is 13.2 Å². The standard InChI is InChI=1S/C19H18F3N5O2/c1-2-26-10-8-14(24-26)18(28)27-9-4-7-15(27)17-23-16(25-29-17)12-5-3-6-13(11-12)19(20,21)22/h3,5-6,8,10-11,15H,2,4,7,9H2,1H3/t15-/m0/s1. The van der Waals surface area contributed by atoms with Crippen molar-refractivity contribution < 1.29 is 22.5 Å². The smallest absolute Gasteiger partial charge is 0.337 e. The van der Waals surface area contributed by atoms with Gasteiger partial charge >= 0.3 is 6.18 Å². The van der Waals surface area contributed by atoms with Crippen LogP contribution in [-0.4, -0.2) is 37.3 Å². The summed E-state index contributed by atoms with van der Waals surface area (Å²) in [6.07, 6.45) is -1.34. The predicted octanol–water partition coefficient (Wildman–Crippen LogP) is 3.95. The van der Waals surface area contributed by atoms with Gasteiger partial charge in [0.15, 0.2) is 0 Å². The largest absolute Gasteiger partial charge is 0.416 e. The summed E-state index contributed by atoms with van der Waals surface area (Å²) in [5.41, 5.74) is -0.255. The molecular formula is C19H18F3N5O2. The molecule has 2 aromatic heterocycles. The highest BCUT2D eigenvalue weighted by atomic mass is 19.4. The first kappa shape index (κ1) is 19.2. The number of hydrogen-bond donors (Lipinski definition) is 0. The van der Waals surface area contributed by atoms with E-state index in [2.05, 4.69) is 15.2 Å². The number of carbonyl (C=O) groups excluding carboxylic acids is 1. The van der Waals surface area contributed by atoms with Gasteiger partial charge in [-0.15, -0.1) is 0 Å². The Morgan fingerprint density at radius 1 is 1.31 bits per heavy atom. The monoisotopic (exact) mass is 405 g/mol. The SMILES string of the molecule is CCn1ccc(C(=O)N2CCC[C@H]2c2nc(-c3cccc(C(F)(F)F)c3)no2)n1. The molecule has 1 atom stereocenters. The van der Waals surface area contributed by atoms with Crippen LogP contribution in [0.2, 0.25) is 0 Å². The summed E-state index contributed by atoms with van der Waals surface area (Å²) in [5, 5.41) is 8.07. The van der Waals surface area contributed by atoms with E-state index in [1.807, 2.05) is 6.92 Å². The zero-order valence-corrected chi connectivity index (χ0v) is 15.6. The van der Waals surface area contributed by atoms with Crippen LogP contribution in [0.25, 0.3) is 11.4 Å². The molecule has 3 heterocycles. The fourth-order valence-electron chi connectivity index (χ4n) is 3.39. The molecule has 1 aromatic carbocycles. The van der Waals surface area contributed by atoms with Gasteiger partial charge in [0.1, 0.15) is 11.7 Å². The Morgan fingerprint density at radius 3 is 2.86 bits per heavy atom. The second kappa shape index (κ2) is 7.34. The molecule has 1 saturated heterocycles. The van der Waals surface area contributed by atoms with Crippen molar-refractivity contribution in [1.82, 2.24) is 24.8 Å². The zero-order chi connectivity index (χ0) is 20.6. The Balaban J connectivity index is 1.58. The maximum atomic E-state index is 12.9. The molecule has 0 saturated carbocycles. The van der Waals surface area contributed by atoms with Gasteiger partial charge in [0.05, 0.1) is 5.56 Å². The fraction of sp³-hybridized carbons (Fsp3) is 0.368. The zero-order valence-electron chi connectivity index (χ0n) is 15.6. The van der Waals surface area contributed by atoms with Gasteiger partial charge in [-0.05, 0) is 38.0 Å². The Hall–Kier alpha value is -3.17. The quantitative estimate of drug-likeness (QED) is 0.657. The van der Waals surface area contributed by atoms with Gasteiger partial charge in [0, 0.05) is 24.8 Å². The molecule has 4 rings (SSSR count). The predicted molar refractivity (Wildman–Crippen MR) is 95.6 cm³/mol. The van der Waals surface area contributed by atoms with Crippen molar-refractivity contribution >= 4 is 5.91 Å². The van der Waals surface area contributed by atoms with Crippen LogP contribution in [-0.2, 0) is 12.7 Å². The molecule has 0 spiro atoms. The number of aromatic nitrogens is 4. The summed E-state index contributed by atoms with van der Waals surface area (Å²) in [6.45, 7) is 3.10. The molecule has 0 N–H and O–H groups in total. The Bertz CT molecular complexity index is 1030. The van der Waals surface area contributed by atoms with Gasteiger partial charge in [-0.1, -0.05) is 17.3 Å². The van der Waals surface area contributed by atoms with Crippen molar-refractivity contribution in [1.29, 1.82) is 0 Å². The highest BCUT2D eigenvalue weighted by molar-refractivity contribution is 5.92. The first-order valence-corrected chi connectivity index (χ1v) is 9.22. The molecule has 0 unspecified atom stereocenters. The van der Waals surface area contributed by atoms with E-state index in [9.17, 15) is 18.0 Å². The van der Waals surface area contributed by atoms with Gasteiger partial charge < -0.3 is 9.42 Å². The van der Waals surface area contributed by atoms with Crippen LogP contribution in [0.3, 0.4) is 0 Å². The summed E-state index contributed by atoms with van der Waals surface area (Å²) in [6, 6.07) is 5.97. The van der Waals surface area contributed by atoms with Gasteiger partial charge in [-0.3, -0.25) is 9.48 Å². The van der Waals surface area contributed by atoms with Crippen LogP contribution in [0.5, 0.6) is 0 Å². The van der Waals surface area contributed by atoms with Crippen molar-refractivity contribution in [2.24, 2.45) is 0 Å². The lowest BCUT2D eigenvalue weighted by atomic mass is 10.1. The highest BCUT2D eigenvalue weighted by Crippen LogP contribution is 2.34. The fourth-order valence-corrected chi connectivity index (χ4v) is 3.39. The number of hydrogen-bond acceptors (Lipinski definition) is 5. The van der Waals surface area contributed by atoms with Gasteiger partial charge in [-0.2, -0.15) is 23.3 Å². The highest BCUT2D eigenvalue weighted by Gasteiger charge is 2.36. The Labute approximate surface area is 164 Å². The number of alkyl halides is 3. The third-order valence-electron chi connectivity index (χ3n) is 4.87. The third-order valence-corrected chi connectivity index (χ3v) is 4.87. The average molecular weight is 405 g/mol. The number of likely N-dealkylation sites (tertiary alicyclic amines) is 1. The summed E-state index contributed by atoms with van der Waals surface area (Å²) in [4.78, 5) is 18.7. The van der Waals surface area contributed by atoms with E-state index in [-0.39, 0.29) is 23.2 Å². The minimum atomic E-state index is -4.46. The lowest BCUT2D eigenvalue weighted by molar-refractivity contribution is -0.137. The van der Waals surface area contributed by atoms with E-state index in [1.54, 1.807) is 21.8 Å². The minimum Gasteiger partial charge on any atom is -0.337 e. The third kappa shape index (κ3) is 3.74. The van der Waals surface area contributed by atoms with Crippen molar-refractivity contribution in [3.8, 4) is 11.4 Å². The van der Waals surface area contributed by atoms with E-state index in [0.29, 0.717) is 25.2 Å². The number of halogens is 3. The molecule has 1 aliphatic rings. The normalized spacial score (nSPS) is 17.1. The van der Waals surface area contributed by atoms with Crippen LogP contribution in [0, 0.1) is 0 Å². The van der Waals surface area contributed by atoms with Crippen molar-refractivity contribution in [3.05, 3.63) is 53.7 Å². The first-order valence-electron chi connectivity index (χ1n) is 9.22. The molecular weight excluding hydrogens is 387 g/mol. The van der Waals surface area contributed by atoms with Crippen LogP contribution >= 0.6 is 0 Å². The molecule has 7 nitrogen and oxygen atoms in total. The molecule has 0 radical (unpaired) electrons. The molecule has 152 valence electrons. The molecule has 3 aromatic rings. The van der Waals surface area contributed by atoms with E-state index in [4.69, 9.17) is 4.52 Å². The van der Waals surface area contributed by atoms with E-state index in [1.165, 1.54) is 12.1 Å². The summed E-state index contributed by atoms with van der Waals surface area (Å²) in [5.74, 6) is 0.0253. The van der Waals surface area contributed by atoms with E-state index in [0.717, 1.165) is 18.6 Å². The second-order valence-electron chi connectivity index (χ2n) is 6.75. The van der Waals surface area contributed by atoms with E-state index >= 15 is 0 Å². The lowest BCUT2D eigenvalue weighted by Gasteiger charge is -2.20. The topological polar surface area (TPSA) is 77.0 Å². The summed E-state index contributed by atoms with van der Waals surface area (Å²) in [7, 11) is 0. The van der Waals surface area contributed by atoms with Gasteiger partial charge in [-0.25, -0.2) is 0 Å². The molecule has 1 aliphatic heterocycles. The van der Waals surface area contributed by atoms with Crippen LogP contribution < -0.4 is 0 Å². The minimum absolute atomic E-state index is 0.0562. The van der Waals surface area contributed by atoms with Gasteiger partial charge in [0.2, 0.25) is 11.7 Å². The number of carbonyl (C=O) groups is 1. The van der Waals surface area contributed by atoms with Crippen LogP contribution in [0.1, 0.15) is 47.7 Å². The molecule has 1 amide bonds. The second-order valence-corrected chi connectivity index (χ2v) is 6.75. The summed E-state index contributed by atoms with van der Waals surface area (Å²) >= 11 is 0. The number of nitrogens with zero attached hydrogens (tertiary/aromatic N) is 5. The number of benzene rings is 1. The van der Waals surface area contributed by atoms with E-state index < -0.39 is 17.8 Å². The number of amides is 1. The molecule has 10 heteroatoms. The van der Waals surface area contributed by atoms with Gasteiger partial charge in [0.25, 0.3) is 5.91 Å². The van der Waals surface area contributed by atoms with Crippen LogP contribution in [0.15, 0.2) is 41.1 Å². The summed E-state index contributed by atoms with van der Waals surface area (Å²) < 4.78 is 45.8. The maximum absolute atomic E-state index is 12.9.